The van der Waals surface area contributed by atoms with Crippen LogP contribution in [0.25, 0.3) is 0 Å². The Morgan fingerprint density at radius 3 is 2.21 bits per heavy atom. The van der Waals surface area contributed by atoms with Crippen molar-refractivity contribution in [2.75, 3.05) is 7.11 Å². The SMILES string of the molecule is CC[C@@H](N)c1ccc(Oc2ccccc2OC)cc1. The molecule has 0 aliphatic carbocycles. The van der Waals surface area contributed by atoms with Gasteiger partial charge in [-0.2, -0.15) is 0 Å². The molecule has 19 heavy (non-hydrogen) atoms. The minimum atomic E-state index is 0.0836. The molecule has 0 saturated carbocycles. The van der Waals surface area contributed by atoms with Gasteiger partial charge in [0.2, 0.25) is 0 Å². The molecule has 1 atom stereocenters. The molecule has 2 rings (SSSR count). The number of para-hydroxylation sites is 2. The molecule has 0 amide bonds. The maximum absolute atomic E-state index is 5.98. The number of ether oxygens (including phenoxy) is 2. The summed E-state index contributed by atoms with van der Waals surface area (Å²) in [4.78, 5) is 0. The molecular formula is C16H19NO2. The Labute approximate surface area is 114 Å². The predicted molar refractivity (Wildman–Crippen MR) is 76.7 cm³/mol. The highest BCUT2D eigenvalue weighted by Gasteiger charge is 2.06. The van der Waals surface area contributed by atoms with Crippen LogP contribution in [-0.2, 0) is 0 Å². The van der Waals surface area contributed by atoms with Crippen LogP contribution in [-0.4, -0.2) is 7.11 Å². The molecule has 3 nitrogen and oxygen atoms in total. The van der Waals surface area contributed by atoms with Gasteiger partial charge in [-0.15, -0.1) is 0 Å². The molecule has 3 heteroatoms. The first-order chi connectivity index (χ1) is 9.24. The number of benzene rings is 2. The first-order valence-electron chi connectivity index (χ1n) is 6.41. The number of rotatable bonds is 5. The Balaban J connectivity index is 2.15. The van der Waals surface area contributed by atoms with Crippen molar-refractivity contribution in [3.8, 4) is 17.2 Å². The standard InChI is InChI=1S/C16H19NO2/c1-3-14(17)12-8-10-13(11-9-12)19-16-7-5-4-6-15(16)18-2/h4-11,14H,3,17H2,1-2H3/t14-/m1/s1. The molecule has 0 bridgehead atoms. The molecule has 2 aromatic carbocycles. The number of hydrogen-bond donors (Lipinski definition) is 1. The summed E-state index contributed by atoms with van der Waals surface area (Å²) in [6.07, 6.45) is 0.923. The zero-order valence-electron chi connectivity index (χ0n) is 11.3. The van der Waals surface area contributed by atoms with Crippen LogP contribution in [0.5, 0.6) is 17.2 Å². The van der Waals surface area contributed by atoms with Crippen molar-refractivity contribution in [1.29, 1.82) is 0 Å². The van der Waals surface area contributed by atoms with E-state index in [1.54, 1.807) is 7.11 Å². The maximum Gasteiger partial charge on any atom is 0.169 e. The van der Waals surface area contributed by atoms with Crippen LogP contribution in [0.2, 0.25) is 0 Å². The van der Waals surface area contributed by atoms with Crippen LogP contribution in [0.1, 0.15) is 24.9 Å². The van der Waals surface area contributed by atoms with Crippen molar-refractivity contribution in [1.82, 2.24) is 0 Å². The largest absolute Gasteiger partial charge is 0.493 e. The molecule has 2 N–H and O–H groups in total. The molecule has 2 aromatic rings. The van der Waals surface area contributed by atoms with Gasteiger partial charge < -0.3 is 15.2 Å². The van der Waals surface area contributed by atoms with E-state index in [1.165, 1.54) is 0 Å². The van der Waals surface area contributed by atoms with E-state index in [-0.39, 0.29) is 6.04 Å². The normalized spacial score (nSPS) is 11.9. The molecule has 0 fully saturated rings. The third-order valence-corrected chi connectivity index (χ3v) is 3.04. The van der Waals surface area contributed by atoms with Crippen LogP contribution in [0.3, 0.4) is 0 Å². The number of nitrogens with two attached hydrogens (primary N) is 1. The lowest BCUT2D eigenvalue weighted by Gasteiger charge is -2.12. The number of methoxy groups -OCH3 is 1. The lowest BCUT2D eigenvalue weighted by Crippen LogP contribution is -2.08. The lowest BCUT2D eigenvalue weighted by atomic mass is 10.1. The van der Waals surface area contributed by atoms with Gasteiger partial charge in [-0.25, -0.2) is 0 Å². The van der Waals surface area contributed by atoms with Crippen molar-refractivity contribution in [3.05, 3.63) is 54.1 Å². The van der Waals surface area contributed by atoms with Gasteiger partial charge in [0.25, 0.3) is 0 Å². The Morgan fingerprint density at radius 2 is 1.63 bits per heavy atom. The monoisotopic (exact) mass is 257 g/mol. The van der Waals surface area contributed by atoms with E-state index in [9.17, 15) is 0 Å². The van der Waals surface area contributed by atoms with Gasteiger partial charge >= 0.3 is 0 Å². The molecule has 0 spiro atoms. The second kappa shape index (κ2) is 6.25. The summed E-state index contributed by atoms with van der Waals surface area (Å²) < 4.78 is 11.1. The van der Waals surface area contributed by atoms with E-state index in [0.29, 0.717) is 5.75 Å². The van der Waals surface area contributed by atoms with Gasteiger partial charge in [0, 0.05) is 6.04 Å². The topological polar surface area (TPSA) is 44.5 Å². The van der Waals surface area contributed by atoms with Gasteiger partial charge in [-0.3, -0.25) is 0 Å². The Morgan fingerprint density at radius 1 is 1.00 bits per heavy atom. The predicted octanol–water partition coefficient (Wildman–Crippen LogP) is 3.90. The van der Waals surface area contributed by atoms with Gasteiger partial charge in [0.1, 0.15) is 5.75 Å². The maximum atomic E-state index is 5.98. The fraction of sp³-hybridized carbons (Fsp3) is 0.250. The van der Waals surface area contributed by atoms with Gasteiger partial charge in [0.15, 0.2) is 11.5 Å². The van der Waals surface area contributed by atoms with Crippen molar-refractivity contribution in [2.24, 2.45) is 5.73 Å². The van der Waals surface area contributed by atoms with Crippen LogP contribution < -0.4 is 15.2 Å². The van der Waals surface area contributed by atoms with Crippen LogP contribution in [0, 0.1) is 0 Å². The summed E-state index contributed by atoms with van der Waals surface area (Å²) in [7, 11) is 1.63. The van der Waals surface area contributed by atoms with E-state index in [1.807, 2.05) is 48.5 Å². The van der Waals surface area contributed by atoms with Crippen molar-refractivity contribution in [2.45, 2.75) is 19.4 Å². The quantitative estimate of drug-likeness (QED) is 0.883. The van der Waals surface area contributed by atoms with Gasteiger partial charge in [-0.05, 0) is 36.2 Å². The van der Waals surface area contributed by atoms with Gasteiger partial charge in [0.05, 0.1) is 7.11 Å². The molecule has 0 saturated heterocycles. The average Bonchev–Trinajstić information content (AvgIpc) is 2.48. The van der Waals surface area contributed by atoms with E-state index in [0.717, 1.165) is 23.5 Å². The zero-order valence-corrected chi connectivity index (χ0v) is 11.3. The van der Waals surface area contributed by atoms with E-state index >= 15 is 0 Å². The molecule has 0 heterocycles. The fourth-order valence-electron chi connectivity index (χ4n) is 1.85. The van der Waals surface area contributed by atoms with Crippen molar-refractivity contribution < 1.29 is 9.47 Å². The highest BCUT2D eigenvalue weighted by atomic mass is 16.5. The zero-order chi connectivity index (χ0) is 13.7. The highest BCUT2D eigenvalue weighted by Crippen LogP contribution is 2.31. The van der Waals surface area contributed by atoms with Crippen molar-refractivity contribution in [3.63, 3.8) is 0 Å². The third kappa shape index (κ3) is 3.26. The summed E-state index contributed by atoms with van der Waals surface area (Å²) in [5.41, 5.74) is 7.10. The van der Waals surface area contributed by atoms with Crippen LogP contribution >= 0.6 is 0 Å². The molecular weight excluding hydrogens is 238 g/mol. The Hall–Kier alpha value is -2.00. The Kier molecular flexibility index (Phi) is 4.42. The summed E-state index contributed by atoms with van der Waals surface area (Å²) >= 11 is 0. The molecule has 0 aliphatic rings. The van der Waals surface area contributed by atoms with E-state index in [4.69, 9.17) is 15.2 Å². The van der Waals surface area contributed by atoms with Gasteiger partial charge in [-0.1, -0.05) is 31.2 Å². The molecule has 0 aromatic heterocycles. The Bertz CT molecular complexity index is 523. The van der Waals surface area contributed by atoms with E-state index in [2.05, 4.69) is 6.92 Å². The average molecular weight is 257 g/mol. The molecule has 0 radical (unpaired) electrons. The molecule has 100 valence electrons. The molecule has 0 unspecified atom stereocenters. The van der Waals surface area contributed by atoms with Crippen molar-refractivity contribution >= 4 is 0 Å². The summed E-state index contributed by atoms with van der Waals surface area (Å²) in [5.74, 6) is 2.20. The summed E-state index contributed by atoms with van der Waals surface area (Å²) in [6, 6.07) is 15.5. The second-order valence-electron chi connectivity index (χ2n) is 4.34. The summed E-state index contributed by atoms with van der Waals surface area (Å²) in [5, 5.41) is 0. The summed E-state index contributed by atoms with van der Waals surface area (Å²) in [6.45, 7) is 2.07. The third-order valence-electron chi connectivity index (χ3n) is 3.04. The van der Waals surface area contributed by atoms with E-state index < -0.39 is 0 Å². The first-order valence-corrected chi connectivity index (χ1v) is 6.41. The first kappa shape index (κ1) is 13.4. The lowest BCUT2D eigenvalue weighted by molar-refractivity contribution is 0.379. The minimum absolute atomic E-state index is 0.0836. The number of hydrogen-bond acceptors (Lipinski definition) is 3. The second-order valence-corrected chi connectivity index (χ2v) is 4.34. The molecule has 0 aliphatic heterocycles. The minimum Gasteiger partial charge on any atom is -0.493 e. The smallest absolute Gasteiger partial charge is 0.169 e. The van der Waals surface area contributed by atoms with Crippen LogP contribution in [0.15, 0.2) is 48.5 Å². The highest BCUT2D eigenvalue weighted by molar-refractivity contribution is 5.43. The van der Waals surface area contributed by atoms with Crippen LogP contribution in [0.4, 0.5) is 0 Å². The fourth-order valence-corrected chi connectivity index (χ4v) is 1.85.